The standard InChI is InChI=1S/C12H13NO3/c1-13-12(16)8-11(15)7-4-9-2-5-10(14)6-3-9/h2-7,14H,8H2,1H3,(H,13,16). The van der Waals surface area contributed by atoms with Gasteiger partial charge in [0, 0.05) is 7.05 Å². The number of hydrogen-bond donors (Lipinski definition) is 2. The molecule has 1 aromatic rings. The number of phenolic OH excluding ortho intramolecular Hbond substituents is 1. The van der Waals surface area contributed by atoms with Gasteiger partial charge in [0.05, 0.1) is 6.42 Å². The predicted octanol–water partition coefficient (Wildman–Crippen LogP) is 1.11. The van der Waals surface area contributed by atoms with Gasteiger partial charge in [0.25, 0.3) is 0 Å². The number of amides is 1. The molecule has 0 aliphatic rings. The second kappa shape index (κ2) is 5.70. The number of ketones is 1. The molecule has 4 nitrogen and oxygen atoms in total. The van der Waals surface area contributed by atoms with Crippen molar-refractivity contribution < 1.29 is 14.7 Å². The van der Waals surface area contributed by atoms with Gasteiger partial charge in [-0.25, -0.2) is 0 Å². The zero-order valence-corrected chi connectivity index (χ0v) is 8.93. The Morgan fingerprint density at radius 3 is 2.50 bits per heavy atom. The zero-order valence-electron chi connectivity index (χ0n) is 8.93. The molecule has 0 fully saturated rings. The first kappa shape index (κ1) is 12.0. The Kier molecular flexibility index (Phi) is 4.27. The summed E-state index contributed by atoms with van der Waals surface area (Å²) in [5.41, 5.74) is 0.794. The largest absolute Gasteiger partial charge is 0.508 e. The van der Waals surface area contributed by atoms with Gasteiger partial charge >= 0.3 is 0 Å². The molecule has 1 amide bonds. The number of hydrogen-bond acceptors (Lipinski definition) is 3. The van der Waals surface area contributed by atoms with E-state index in [1.807, 2.05) is 0 Å². The summed E-state index contributed by atoms with van der Waals surface area (Å²) < 4.78 is 0. The average Bonchev–Trinajstić information content (AvgIpc) is 2.28. The first-order valence-corrected chi connectivity index (χ1v) is 4.82. The highest BCUT2D eigenvalue weighted by Crippen LogP contribution is 2.10. The first-order chi connectivity index (χ1) is 7.61. The van der Waals surface area contributed by atoms with E-state index in [4.69, 9.17) is 5.11 Å². The SMILES string of the molecule is CNC(=O)CC(=O)C=Cc1ccc(O)cc1. The molecule has 0 heterocycles. The molecule has 0 aliphatic heterocycles. The maximum atomic E-state index is 11.3. The van der Waals surface area contributed by atoms with Crippen molar-refractivity contribution in [3.63, 3.8) is 0 Å². The third-order valence-corrected chi connectivity index (χ3v) is 1.97. The Balaban J connectivity index is 2.56. The summed E-state index contributed by atoms with van der Waals surface area (Å²) in [6.07, 6.45) is 2.80. The summed E-state index contributed by atoms with van der Waals surface area (Å²) in [6.45, 7) is 0. The molecule has 0 unspecified atom stereocenters. The van der Waals surface area contributed by atoms with E-state index in [-0.39, 0.29) is 23.9 Å². The fraction of sp³-hybridized carbons (Fsp3) is 0.167. The van der Waals surface area contributed by atoms with Crippen molar-refractivity contribution in [2.24, 2.45) is 0 Å². The lowest BCUT2D eigenvalue weighted by molar-refractivity contribution is -0.125. The number of carbonyl (C=O) groups excluding carboxylic acids is 2. The number of phenols is 1. The van der Waals surface area contributed by atoms with Gasteiger partial charge in [0.1, 0.15) is 5.75 Å². The van der Waals surface area contributed by atoms with Gasteiger partial charge in [0.15, 0.2) is 5.78 Å². The number of nitrogens with one attached hydrogen (secondary N) is 1. The molecule has 0 bridgehead atoms. The molecule has 0 saturated carbocycles. The molecule has 0 saturated heterocycles. The Morgan fingerprint density at radius 2 is 1.94 bits per heavy atom. The van der Waals surface area contributed by atoms with E-state index < -0.39 is 0 Å². The van der Waals surface area contributed by atoms with Gasteiger partial charge in [-0.3, -0.25) is 9.59 Å². The van der Waals surface area contributed by atoms with Gasteiger partial charge in [-0.05, 0) is 23.8 Å². The van der Waals surface area contributed by atoms with Gasteiger partial charge in [-0.1, -0.05) is 18.2 Å². The third-order valence-electron chi connectivity index (χ3n) is 1.97. The van der Waals surface area contributed by atoms with Crippen molar-refractivity contribution in [2.45, 2.75) is 6.42 Å². The number of rotatable bonds is 4. The number of benzene rings is 1. The van der Waals surface area contributed by atoms with E-state index in [2.05, 4.69) is 5.32 Å². The fourth-order valence-corrected chi connectivity index (χ4v) is 1.08. The predicted molar refractivity (Wildman–Crippen MR) is 60.8 cm³/mol. The summed E-state index contributed by atoms with van der Waals surface area (Å²) in [4.78, 5) is 22.1. The van der Waals surface area contributed by atoms with Crippen molar-refractivity contribution in [3.8, 4) is 5.75 Å². The Labute approximate surface area is 93.6 Å². The van der Waals surface area contributed by atoms with Crippen molar-refractivity contribution >= 4 is 17.8 Å². The van der Waals surface area contributed by atoms with E-state index in [0.29, 0.717) is 0 Å². The topological polar surface area (TPSA) is 66.4 Å². The van der Waals surface area contributed by atoms with Gasteiger partial charge in [-0.2, -0.15) is 0 Å². The van der Waals surface area contributed by atoms with Crippen LogP contribution in [0.25, 0.3) is 6.08 Å². The molecule has 2 N–H and O–H groups in total. The van der Waals surface area contributed by atoms with Gasteiger partial charge in [-0.15, -0.1) is 0 Å². The van der Waals surface area contributed by atoms with Crippen molar-refractivity contribution in [2.75, 3.05) is 7.05 Å². The Morgan fingerprint density at radius 1 is 1.31 bits per heavy atom. The van der Waals surface area contributed by atoms with Crippen molar-refractivity contribution in [1.82, 2.24) is 5.32 Å². The summed E-state index contributed by atoms with van der Waals surface area (Å²) in [5, 5.41) is 11.4. The summed E-state index contributed by atoms with van der Waals surface area (Å²) in [6, 6.07) is 6.42. The molecule has 16 heavy (non-hydrogen) atoms. The highest BCUT2D eigenvalue weighted by atomic mass is 16.3. The van der Waals surface area contributed by atoms with E-state index in [1.54, 1.807) is 18.2 Å². The zero-order chi connectivity index (χ0) is 12.0. The van der Waals surface area contributed by atoms with E-state index >= 15 is 0 Å². The number of aromatic hydroxyl groups is 1. The number of allylic oxidation sites excluding steroid dienone is 1. The highest BCUT2D eigenvalue weighted by molar-refractivity contribution is 6.05. The molecule has 0 spiro atoms. The summed E-state index contributed by atoms with van der Waals surface area (Å²) >= 11 is 0. The van der Waals surface area contributed by atoms with Crippen molar-refractivity contribution in [1.29, 1.82) is 0 Å². The van der Waals surface area contributed by atoms with E-state index in [0.717, 1.165) is 5.56 Å². The molecule has 84 valence electrons. The lowest BCUT2D eigenvalue weighted by Crippen LogP contribution is -2.20. The molecule has 0 radical (unpaired) electrons. The maximum absolute atomic E-state index is 11.3. The molecule has 0 aromatic heterocycles. The van der Waals surface area contributed by atoms with Crippen LogP contribution in [0, 0.1) is 0 Å². The minimum atomic E-state index is -0.305. The van der Waals surface area contributed by atoms with E-state index in [1.165, 1.54) is 25.3 Å². The van der Waals surface area contributed by atoms with Gasteiger partial charge in [0.2, 0.25) is 5.91 Å². The van der Waals surface area contributed by atoms with Crippen LogP contribution in [-0.2, 0) is 9.59 Å². The molecule has 1 rings (SSSR count). The third kappa shape index (κ3) is 3.96. The first-order valence-electron chi connectivity index (χ1n) is 4.82. The quantitative estimate of drug-likeness (QED) is 0.589. The van der Waals surface area contributed by atoms with Crippen LogP contribution >= 0.6 is 0 Å². The maximum Gasteiger partial charge on any atom is 0.227 e. The highest BCUT2D eigenvalue weighted by Gasteiger charge is 2.03. The average molecular weight is 219 g/mol. The number of carbonyl (C=O) groups is 2. The second-order valence-corrected chi connectivity index (χ2v) is 3.24. The van der Waals surface area contributed by atoms with Crippen LogP contribution in [0.3, 0.4) is 0 Å². The molecular formula is C12H13NO3. The van der Waals surface area contributed by atoms with Crippen LogP contribution in [0.5, 0.6) is 5.75 Å². The molecular weight excluding hydrogens is 206 g/mol. The molecule has 0 atom stereocenters. The monoisotopic (exact) mass is 219 g/mol. The lowest BCUT2D eigenvalue weighted by Gasteiger charge is -1.95. The summed E-state index contributed by atoms with van der Waals surface area (Å²) in [5.74, 6) is -0.387. The van der Waals surface area contributed by atoms with Crippen LogP contribution in [0.2, 0.25) is 0 Å². The van der Waals surface area contributed by atoms with Crippen LogP contribution in [0.1, 0.15) is 12.0 Å². The normalized spacial score (nSPS) is 10.3. The molecule has 1 aromatic carbocycles. The molecule has 0 aliphatic carbocycles. The smallest absolute Gasteiger partial charge is 0.227 e. The lowest BCUT2D eigenvalue weighted by atomic mass is 10.1. The van der Waals surface area contributed by atoms with Crippen LogP contribution in [0.4, 0.5) is 0 Å². The minimum Gasteiger partial charge on any atom is -0.508 e. The Bertz CT molecular complexity index is 407. The molecule has 4 heteroatoms. The Hall–Kier alpha value is -2.10. The minimum absolute atomic E-state index is 0.148. The fourth-order valence-electron chi connectivity index (χ4n) is 1.08. The van der Waals surface area contributed by atoms with E-state index in [9.17, 15) is 9.59 Å². The van der Waals surface area contributed by atoms with Crippen LogP contribution in [0.15, 0.2) is 30.3 Å². The van der Waals surface area contributed by atoms with Crippen LogP contribution < -0.4 is 5.32 Å². The van der Waals surface area contributed by atoms with Gasteiger partial charge < -0.3 is 10.4 Å². The van der Waals surface area contributed by atoms with Crippen molar-refractivity contribution in [3.05, 3.63) is 35.9 Å². The second-order valence-electron chi connectivity index (χ2n) is 3.24. The van der Waals surface area contributed by atoms with Crippen LogP contribution in [-0.4, -0.2) is 23.8 Å². The summed E-state index contributed by atoms with van der Waals surface area (Å²) in [7, 11) is 1.49.